The van der Waals surface area contributed by atoms with Gasteiger partial charge >= 0.3 is 6.03 Å². The Morgan fingerprint density at radius 3 is 2.55 bits per heavy atom. The monoisotopic (exact) mass is 391 g/mol. The molecule has 1 aromatic heterocycles. The maximum atomic E-state index is 13.3. The zero-order chi connectivity index (χ0) is 20.4. The maximum absolute atomic E-state index is 13.3. The largest absolute Gasteiger partial charge is 0.497 e. The molecule has 1 aliphatic rings. The summed E-state index contributed by atoms with van der Waals surface area (Å²) in [5.41, 5.74) is 4.00. The summed E-state index contributed by atoms with van der Waals surface area (Å²) in [6.45, 7) is 3.44. The lowest BCUT2D eigenvalue weighted by atomic mass is 9.99. The Bertz CT molecular complexity index is 1010. The molecular weight excluding hydrogens is 366 g/mol. The summed E-state index contributed by atoms with van der Waals surface area (Å²) in [6, 6.07) is 17.5. The van der Waals surface area contributed by atoms with E-state index in [0.29, 0.717) is 23.7 Å². The summed E-state index contributed by atoms with van der Waals surface area (Å²) < 4.78 is 12.9. The van der Waals surface area contributed by atoms with E-state index in [9.17, 15) is 4.79 Å². The van der Waals surface area contributed by atoms with Crippen molar-refractivity contribution in [3.8, 4) is 11.5 Å². The molecule has 1 aliphatic heterocycles. The van der Waals surface area contributed by atoms with E-state index >= 15 is 0 Å². The topological polar surface area (TPSA) is 55.7 Å². The van der Waals surface area contributed by atoms with Gasteiger partial charge in [0.1, 0.15) is 11.5 Å². The zero-order valence-corrected chi connectivity index (χ0v) is 16.9. The number of urea groups is 1. The van der Waals surface area contributed by atoms with Crippen molar-refractivity contribution in [1.29, 1.82) is 0 Å². The molecule has 0 bridgehead atoms. The highest BCUT2D eigenvalue weighted by Crippen LogP contribution is 2.34. The van der Waals surface area contributed by atoms with Gasteiger partial charge in [0.05, 0.1) is 25.9 Å². The number of rotatable bonds is 4. The Labute approximate surface area is 170 Å². The van der Waals surface area contributed by atoms with Gasteiger partial charge < -0.3 is 24.3 Å². The van der Waals surface area contributed by atoms with Crippen molar-refractivity contribution in [2.24, 2.45) is 0 Å². The molecule has 150 valence electrons. The second-order valence-corrected chi connectivity index (χ2v) is 7.13. The number of aromatic nitrogens is 1. The Morgan fingerprint density at radius 1 is 1.03 bits per heavy atom. The molecule has 1 atom stereocenters. The lowest BCUT2D eigenvalue weighted by Gasteiger charge is -2.37. The number of nitrogens with zero attached hydrogens (tertiary/aromatic N) is 2. The van der Waals surface area contributed by atoms with Gasteiger partial charge in [0.25, 0.3) is 0 Å². The molecule has 2 aromatic carbocycles. The number of methoxy groups -OCH3 is 2. The van der Waals surface area contributed by atoms with Crippen LogP contribution in [0.2, 0.25) is 0 Å². The number of carbonyl (C=O) groups excluding carboxylic acids is 1. The molecule has 6 heteroatoms. The van der Waals surface area contributed by atoms with Crippen LogP contribution in [0.4, 0.5) is 10.5 Å². The highest BCUT2D eigenvalue weighted by molar-refractivity contribution is 5.91. The third-order valence-corrected chi connectivity index (χ3v) is 5.34. The molecular formula is C23H25N3O3. The number of benzene rings is 2. The molecule has 0 aliphatic carbocycles. The Hall–Kier alpha value is -3.41. The summed E-state index contributed by atoms with van der Waals surface area (Å²) in [7, 11) is 3.18. The number of carbonyl (C=O) groups is 1. The van der Waals surface area contributed by atoms with E-state index < -0.39 is 0 Å². The van der Waals surface area contributed by atoms with Crippen LogP contribution in [0.25, 0.3) is 0 Å². The number of nitrogens with one attached hydrogen (secondary N) is 1. The molecule has 0 spiro atoms. The van der Waals surface area contributed by atoms with Gasteiger partial charge in [0.15, 0.2) is 0 Å². The molecule has 0 unspecified atom stereocenters. The molecule has 29 heavy (non-hydrogen) atoms. The van der Waals surface area contributed by atoms with Crippen LogP contribution in [0.1, 0.15) is 22.9 Å². The van der Waals surface area contributed by atoms with Crippen molar-refractivity contribution in [2.45, 2.75) is 19.5 Å². The molecule has 1 N–H and O–H groups in total. The number of anilines is 1. The summed E-state index contributed by atoms with van der Waals surface area (Å²) in [4.78, 5) is 15.2. The summed E-state index contributed by atoms with van der Waals surface area (Å²) in [6.07, 6.45) is 2.07. The molecule has 2 amide bonds. The van der Waals surface area contributed by atoms with Crippen molar-refractivity contribution >= 4 is 11.7 Å². The number of fused-ring (bicyclic) bond motifs is 1. The first-order chi connectivity index (χ1) is 14.1. The number of ether oxygens (including phenoxy) is 2. The van der Waals surface area contributed by atoms with Gasteiger partial charge in [-0.1, -0.05) is 29.8 Å². The fourth-order valence-electron chi connectivity index (χ4n) is 3.79. The van der Waals surface area contributed by atoms with E-state index in [1.54, 1.807) is 32.4 Å². The van der Waals surface area contributed by atoms with Crippen molar-refractivity contribution in [3.05, 3.63) is 77.6 Å². The van der Waals surface area contributed by atoms with Crippen molar-refractivity contribution < 1.29 is 14.3 Å². The molecule has 0 saturated heterocycles. The quantitative estimate of drug-likeness (QED) is 0.715. The van der Waals surface area contributed by atoms with E-state index in [0.717, 1.165) is 17.8 Å². The fraction of sp³-hybridized carbons (Fsp3) is 0.261. The first-order valence-corrected chi connectivity index (χ1v) is 9.62. The third kappa shape index (κ3) is 3.66. The Kier molecular flexibility index (Phi) is 5.16. The molecule has 0 fully saturated rings. The average molecular weight is 391 g/mol. The van der Waals surface area contributed by atoms with Crippen molar-refractivity contribution in [1.82, 2.24) is 9.47 Å². The number of hydrogen-bond donors (Lipinski definition) is 1. The molecule has 6 nitrogen and oxygen atoms in total. The van der Waals surface area contributed by atoms with Gasteiger partial charge in [-0.2, -0.15) is 0 Å². The van der Waals surface area contributed by atoms with Crippen LogP contribution in [-0.4, -0.2) is 36.3 Å². The zero-order valence-electron chi connectivity index (χ0n) is 16.9. The van der Waals surface area contributed by atoms with E-state index in [1.807, 2.05) is 11.0 Å². The lowest BCUT2D eigenvalue weighted by molar-refractivity contribution is 0.181. The van der Waals surface area contributed by atoms with Gasteiger partial charge in [0.2, 0.25) is 0 Å². The number of aryl methyl sites for hydroxylation is 1. The SMILES string of the molecule is COc1ccc(NC(=O)N2CCn3cccc3[C@H]2c2ccc(C)cc2)c(OC)c1. The van der Waals surface area contributed by atoms with Gasteiger partial charge in [0, 0.05) is 31.0 Å². The first-order valence-electron chi connectivity index (χ1n) is 9.62. The summed E-state index contributed by atoms with van der Waals surface area (Å²) >= 11 is 0. The third-order valence-electron chi connectivity index (χ3n) is 5.34. The van der Waals surface area contributed by atoms with Crippen LogP contribution in [0.3, 0.4) is 0 Å². The van der Waals surface area contributed by atoms with Gasteiger partial charge in [-0.25, -0.2) is 4.79 Å². The smallest absolute Gasteiger partial charge is 0.322 e. The van der Waals surface area contributed by atoms with E-state index in [-0.39, 0.29) is 12.1 Å². The van der Waals surface area contributed by atoms with Crippen LogP contribution in [0.5, 0.6) is 11.5 Å². The minimum Gasteiger partial charge on any atom is -0.497 e. The number of hydrogen-bond acceptors (Lipinski definition) is 3. The van der Waals surface area contributed by atoms with Crippen molar-refractivity contribution in [2.75, 3.05) is 26.1 Å². The molecule has 0 radical (unpaired) electrons. The minimum atomic E-state index is -0.161. The predicted octanol–water partition coefficient (Wildman–Crippen LogP) is 4.45. The van der Waals surface area contributed by atoms with Crippen LogP contribution in [-0.2, 0) is 6.54 Å². The van der Waals surface area contributed by atoms with Crippen LogP contribution in [0, 0.1) is 6.92 Å². The predicted molar refractivity (Wildman–Crippen MR) is 113 cm³/mol. The molecule has 2 heterocycles. The summed E-state index contributed by atoms with van der Waals surface area (Å²) in [5.74, 6) is 1.23. The normalized spacial score (nSPS) is 15.6. The molecule has 4 rings (SSSR count). The first kappa shape index (κ1) is 18.9. The maximum Gasteiger partial charge on any atom is 0.322 e. The van der Waals surface area contributed by atoms with Crippen LogP contribution >= 0.6 is 0 Å². The minimum absolute atomic E-state index is 0.149. The molecule has 0 saturated carbocycles. The Morgan fingerprint density at radius 2 is 1.83 bits per heavy atom. The standard InChI is InChI=1S/C23H25N3O3/c1-16-6-8-17(9-7-16)22-20-5-4-12-25(20)13-14-26(22)23(27)24-19-11-10-18(28-2)15-21(19)29-3/h4-12,15,22H,13-14H2,1-3H3,(H,24,27)/t22-/m1/s1. The van der Waals surface area contributed by atoms with Crippen LogP contribution < -0.4 is 14.8 Å². The number of amides is 2. The van der Waals surface area contributed by atoms with Crippen LogP contribution in [0.15, 0.2) is 60.8 Å². The van der Waals surface area contributed by atoms with E-state index in [4.69, 9.17) is 9.47 Å². The second kappa shape index (κ2) is 7.91. The van der Waals surface area contributed by atoms with Gasteiger partial charge in [-0.15, -0.1) is 0 Å². The van der Waals surface area contributed by atoms with Crippen molar-refractivity contribution in [3.63, 3.8) is 0 Å². The van der Waals surface area contributed by atoms with E-state index in [2.05, 4.69) is 53.3 Å². The summed E-state index contributed by atoms with van der Waals surface area (Å²) in [5, 5.41) is 3.01. The van der Waals surface area contributed by atoms with Gasteiger partial charge in [-0.3, -0.25) is 0 Å². The lowest BCUT2D eigenvalue weighted by Crippen LogP contribution is -2.44. The second-order valence-electron chi connectivity index (χ2n) is 7.13. The van der Waals surface area contributed by atoms with Gasteiger partial charge in [-0.05, 0) is 36.8 Å². The highest BCUT2D eigenvalue weighted by Gasteiger charge is 2.32. The van der Waals surface area contributed by atoms with E-state index in [1.165, 1.54) is 5.56 Å². The average Bonchev–Trinajstić information content (AvgIpc) is 3.23. The highest BCUT2D eigenvalue weighted by atomic mass is 16.5. The fourth-order valence-corrected chi connectivity index (χ4v) is 3.79. The Balaban J connectivity index is 1.66. The molecule has 3 aromatic rings.